The van der Waals surface area contributed by atoms with Gasteiger partial charge in [-0.1, -0.05) is 26.8 Å². The lowest BCUT2D eigenvalue weighted by molar-refractivity contribution is 0.0860. The number of aromatic amines is 1. The van der Waals surface area contributed by atoms with Crippen molar-refractivity contribution in [2.75, 3.05) is 25.1 Å². The average molecular weight is 350 g/mol. The van der Waals surface area contributed by atoms with Crippen LogP contribution in [-0.2, 0) is 0 Å². The third kappa shape index (κ3) is 2.71. The lowest BCUT2D eigenvalue weighted by Crippen LogP contribution is -2.28. The van der Waals surface area contributed by atoms with Crippen LogP contribution in [0.4, 0.5) is 5.69 Å². The number of carbonyl (C=O) groups excluding carboxylic acids is 1. The van der Waals surface area contributed by atoms with Gasteiger partial charge in [0.2, 0.25) is 0 Å². The molecule has 0 amide bonds. The smallest absolute Gasteiger partial charge is 0.171 e. The summed E-state index contributed by atoms with van der Waals surface area (Å²) in [6.45, 7) is 7.26. The van der Waals surface area contributed by atoms with E-state index < -0.39 is 5.41 Å². The lowest BCUT2D eigenvalue weighted by Gasteiger charge is -2.27. The molecule has 4 rings (SSSR count). The number of aromatic nitrogens is 3. The Bertz CT molecular complexity index is 1000. The molecule has 0 atom stereocenters. The Hall–Kier alpha value is -2.89. The molecule has 0 spiro atoms. The maximum Gasteiger partial charge on any atom is 0.171 e. The van der Waals surface area contributed by atoms with E-state index >= 15 is 0 Å². The van der Waals surface area contributed by atoms with Gasteiger partial charge in [0.25, 0.3) is 0 Å². The number of rotatable bonds is 2. The van der Waals surface area contributed by atoms with Crippen LogP contribution >= 0.6 is 0 Å². The molecule has 0 fully saturated rings. The van der Waals surface area contributed by atoms with Crippen LogP contribution in [0.5, 0.6) is 5.75 Å². The predicted octanol–water partition coefficient (Wildman–Crippen LogP) is 3.68. The number of fused-ring (bicyclic) bond motifs is 2. The number of hydrogen-bond acceptors (Lipinski definition) is 5. The van der Waals surface area contributed by atoms with Crippen LogP contribution in [0.3, 0.4) is 0 Å². The monoisotopic (exact) mass is 350 g/mol. The summed E-state index contributed by atoms with van der Waals surface area (Å²) in [5.41, 5.74) is 4.05. The molecule has 1 aliphatic rings. The third-order valence-corrected chi connectivity index (χ3v) is 4.66. The van der Waals surface area contributed by atoms with Gasteiger partial charge in [-0.2, -0.15) is 0 Å². The quantitative estimate of drug-likeness (QED) is 0.714. The first-order valence-corrected chi connectivity index (χ1v) is 8.72. The summed E-state index contributed by atoms with van der Waals surface area (Å²) in [4.78, 5) is 27.1. The molecular weight excluding hydrogens is 328 g/mol. The number of hydrogen-bond donors (Lipinski definition) is 1. The van der Waals surface area contributed by atoms with Crippen molar-refractivity contribution < 1.29 is 9.53 Å². The van der Waals surface area contributed by atoms with Crippen LogP contribution < -0.4 is 9.64 Å². The first-order valence-electron chi connectivity index (χ1n) is 8.72. The number of carbonyl (C=O) groups is 1. The van der Waals surface area contributed by atoms with Crippen molar-refractivity contribution in [3.63, 3.8) is 0 Å². The van der Waals surface area contributed by atoms with E-state index in [0.717, 1.165) is 29.2 Å². The maximum atomic E-state index is 12.7. The maximum absolute atomic E-state index is 12.7. The number of nitrogens with one attached hydrogen (secondary N) is 1. The van der Waals surface area contributed by atoms with Crippen molar-refractivity contribution in [2.45, 2.75) is 20.8 Å². The third-order valence-electron chi connectivity index (χ3n) is 4.66. The minimum absolute atomic E-state index is 0.0469. The van der Waals surface area contributed by atoms with E-state index in [2.05, 4.69) is 21.9 Å². The van der Waals surface area contributed by atoms with E-state index in [4.69, 9.17) is 9.72 Å². The number of H-pyrrole nitrogens is 1. The zero-order chi connectivity index (χ0) is 18.5. The van der Waals surface area contributed by atoms with Gasteiger partial charge in [-0.05, 0) is 12.1 Å². The zero-order valence-corrected chi connectivity index (χ0v) is 15.5. The summed E-state index contributed by atoms with van der Waals surface area (Å²) in [5, 5.41) is 0. The predicted molar refractivity (Wildman–Crippen MR) is 102 cm³/mol. The van der Waals surface area contributed by atoms with E-state index in [1.54, 1.807) is 12.4 Å². The van der Waals surface area contributed by atoms with Crippen molar-refractivity contribution in [2.24, 2.45) is 5.41 Å². The van der Waals surface area contributed by atoms with Crippen molar-refractivity contribution in [3.8, 4) is 17.0 Å². The molecule has 0 bridgehead atoms. The Balaban J connectivity index is 1.79. The fourth-order valence-electron chi connectivity index (χ4n) is 3.12. The van der Waals surface area contributed by atoms with Crippen LogP contribution in [0.2, 0.25) is 0 Å². The molecule has 134 valence electrons. The fraction of sp³-hybridized carbons (Fsp3) is 0.350. The van der Waals surface area contributed by atoms with Crippen molar-refractivity contribution in [1.29, 1.82) is 0 Å². The molecule has 6 heteroatoms. The molecule has 0 radical (unpaired) electrons. The first kappa shape index (κ1) is 16.6. The number of ether oxygens (including phenoxy) is 1. The second-order valence-corrected chi connectivity index (χ2v) is 7.69. The second kappa shape index (κ2) is 5.83. The van der Waals surface area contributed by atoms with Gasteiger partial charge in [0.15, 0.2) is 11.4 Å². The molecule has 0 aliphatic carbocycles. The Morgan fingerprint density at radius 1 is 1.31 bits per heavy atom. The molecule has 26 heavy (non-hydrogen) atoms. The standard InChI is InChI=1S/C20H22N4O2/c1-20(2,3)18(25)13-10-21-19-17(13)23-14(11-22-19)12-5-6-15-16(9-12)26-8-7-24(15)4/h5-6,9-11H,7-8H2,1-4H3,(H,21,22). The lowest BCUT2D eigenvalue weighted by atomic mass is 9.87. The Kier molecular flexibility index (Phi) is 3.72. The summed E-state index contributed by atoms with van der Waals surface area (Å²) >= 11 is 0. The number of nitrogens with zero attached hydrogens (tertiary/aromatic N) is 3. The number of benzene rings is 1. The Morgan fingerprint density at radius 3 is 2.88 bits per heavy atom. The minimum Gasteiger partial charge on any atom is -0.490 e. The SMILES string of the molecule is CN1CCOc2cc(-c3cnc4[nH]cc(C(=O)C(C)(C)C)c4n3)ccc21. The highest BCUT2D eigenvalue weighted by atomic mass is 16.5. The van der Waals surface area contributed by atoms with Crippen LogP contribution in [0, 0.1) is 5.41 Å². The summed E-state index contributed by atoms with van der Waals surface area (Å²) in [7, 11) is 2.05. The second-order valence-electron chi connectivity index (χ2n) is 7.69. The van der Waals surface area contributed by atoms with Gasteiger partial charge in [-0.3, -0.25) is 4.79 Å². The van der Waals surface area contributed by atoms with E-state index in [9.17, 15) is 4.79 Å². The van der Waals surface area contributed by atoms with Crippen LogP contribution in [0.25, 0.3) is 22.4 Å². The first-order chi connectivity index (χ1) is 12.3. The normalized spacial score (nSPS) is 14.2. The molecule has 2 aromatic heterocycles. The van der Waals surface area contributed by atoms with Gasteiger partial charge < -0.3 is 14.6 Å². The molecule has 3 heterocycles. The molecule has 3 aromatic rings. The van der Waals surface area contributed by atoms with Gasteiger partial charge in [0.1, 0.15) is 17.9 Å². The van der Waals surface area contributed by atoms with Gasteiger partial charge in [-0.25, -0.2) is 9.97 Å². The van der Waals surface area contributed by atoms with E-state index in [-0.39, 0.29) is 5.78 Å². The Labute approximate surface area is 152 Å². The molecule has 0 saturated heterocycles. The van der Waals surface area contributed by atoms with Crippen LogP contribution in [0.15, 0.2) is 30.6 Å². The highest BCUT2D eigenvalue weighted by molar-refractivity contribution is 6.08. The molecule has 1 aliphatic heterocycles. The zero-order valence-electron chi connectivity index (χ0n) is 15.5. The summed E-state index contributed by atoms with van der Waals surface area (Å²) in [6.07, 6.45) is 3.42. The number of ketones is 1. The highest BCUT2D eigenvalue weighted by Gasteiger charge is 2.26. The molecule has 1 N–H and O–H groups in total. The molecule has 0 unspecified atom stereocenters. The minimum atomic E-state index is -0.475. The largest absolute Gasteiger partial charge is 0.490 e. The highest BCUT2D eigenvalue weighted by Crippen LogP contribution is 2.35. The summed E-state index contributed by atoms with van der Waals surface area (Å²) in [6, 6.07) is 6.03. The van der Waals surface area contributed by atoms with Gasteiger partial charge in [-0.15, -0.1) is 0 Å². The van der Waals surface area contributed by atoms with E-state index in [1.807, 2.05) is 39.0 Å². The van der Waals surface area contributed by atoms with Crippen molar-refractivity contribution >= 4 is 22.6 Å². The molecule has 1 aromatic carbocycles. The van der Waals surface area contributed by atoms with Gasteiger partial charge in [0, 0.05) is 24.2 Å². The number of anilines is 1. The summed E-state index contributed by atoms with van der Waals surface area (Å²) in [5.74, 6) is 0.892. The van der Waals surface area contributed by atoms with Gasteiger partial charge in [0.05, 0.1) is 29.7 Å². The van der Waals surface area contributed by atoms with Crippen LogP contribution in [0.1, 0.15) is 31.1 Å². The Morgan fingerprint density at radius 2 is 2.12 bits per heavy atom. The number of Topliss-reactive ketones (excluding diaryl/α,β-unsaturated/α-hetero) is 1. The van der Waals surface area contributed by atoms with Gasteiger partial charge >= 0.3 is 0 Å². The average Bonchev–Trinajstić information content (AvgIpc) is 3.03. The van der Waals surface area contributed by atoms with Crippen molar-refractivity contribution in [1.82, 2.24) is 15.0 Å². The van der Waals surface area contributed by atoms with Crippen molar-refractivity contribution in [3.05, 3.63) is 36.2 Å². The molecule has 6 nitrogen and oxygen atoms in total. The van der Waals surface area contributed by atoms with E-state index in [1.165, 1.54) is 0 Å². The van der Waals surface area contributed by atoms with E-state index in [0.29, 0.717) is 23.3 Å². The fourth-order valence-corrected chi connectivity index (χ4v) is 3.12. The topological polar surface area (TPSA) is 71.1 Å². The van der Waals surface area contributed by atoms with Crippen LogP contribution in [-0.4, -0.2) is 40.9 Å². The molecule has 0 saturated carbocycles. The summed E-state index contributed by atoms with van der Waals surface area (Å²) < 4.78 is 5.78. The number of likely N-dealkylation sites (N-methyl/N-ethyl adjacent to an activating group) is 1. The molecular formula is C20H22N4O2.